The Balaban J connectivity index is 2.40. The number of benzene rings is 1. The number of pyridine rings is 1. The maximum Gasteiger partial charge on any atom is 0.297 e. The molecule has 5 heteroatoms. The van der Waals surface area contributed by atoms with E-state index >= 15 is 0 Å². The molecule has 0 aliphatic rings. The number of rotatable bonds is 13. The van der Waals surface area contributed by atoms with E-state index in [1.54, 1.807) is 11.6 Å². The van der Waals surface area contributed by atoms with Crippen molar-refractivity contribution in [3.63, 3.8) is 0 Å². The van der Waals surface area contributed by atoms with Gasteiger partial charge in [-0.15, -0.1) is 0 Å². The summed E-state index contributed by atoms with van der Waals surface area (Å²) in [6.07, 6.45) is 8.64. The minimum atomic E-state index is -0.157. The van der Waals surface area contributed by atoms with Gasteiger partial charge >= 0.3 is 0 Å². The number of ether oxygens (including phenoxy) is 2. The summed E-state index contributed by atoms with van der Waals surface area (Å²) in [6, 6.07) is 6.08. The molecule has 1 aromatic carbocycles. The number of anilines is 1. The van der Waals surface area contributed by atoms with Crippen LogP contribution in [-0.4, -0.2) is 24.3 Å². The molecule has 0 aliphatic carbocycles. The molecule has 0 unspecified atom stereocenters. The first-order valence-electron chi connectivity index (χ1n) is 11.3. The number of nitrogens with one attached hydrogen (secondary N) is 1. The van der Waals surface area contributed by atoms with Crippen molar-refractivity contribution in [1.82, 2.24) is 4.57 Å². The molecule has 1 heterocycles. The normalized spacial score (nSPS) is 10.8. The average Bonchev–Trinajstić information content (AvgIpc) is 2.73. The maximum atomic E-state index is 13.1. The summed E-state index contributed by atoms with van der Waals surface area (Å²) < 4.78 is 13.7. The van der Waals surface area contributed by atoms with Gasteiger partial charge in [-0.25, -0.2) is 0 Å². The number of nitrogens with zero attached hydrogens (tertiary/aromatic N) is 1. The minimum Gasteiger partial charge on any atom is -0.485 e. The lowest BCUT2D eigenvalue weighted by Crippen LogP contribution is -2.21. The van der Waals surface area contributed by atoms with E-state index in [1.165, 1.54) is 18.4 Å². The van der Waals surface area contributed by atoms with E-state index in [0.717, 1.165) is 48.8 Å². The number of aromatic nitrogens is 1. The molecule has 0 atom stereocenters. The first-order valence-corrected chi connectivity index (χ1v) is 11.3. The van der Waals surface area contributed by atoms with Crippen LogP contribution in [0.3, 0.4) is 0 Å². The van der Waals surface area contributed by atoms with Gasteiger partial charge in [-0.05, 0) is 51.0 Å². The van der Waals surface area contributed by atoms with Crippen LogP contribution in [0.25, 0.3) is 10.9 Å². The highest BCUT2D eigenvalue weighted by Crippen LogP contribution is 2.34. The van der Waals surface area contributed by atoms with Gasteiger partial charge in [0.05, 0.1) is 12.1 Å². The molecule has 2 rings (SSSR count). The van der Waals surface area contributed by atoms with E-state index in [9.17, 15) is 4.79 Å². The lowest BCUT2D eigenvalue weighted by atomic mass is 10.1. The second-order valence-electron chi connectivity index (χ2n) is 8.04. The molecule has 0 spiro atoms. The first-order chi connectivity index (χ1) is 14.5. The molecule has 0 aliphatic heterocycles. The Morgan fingerprint density at radius 2 is 1.80 bits per heavy atom. The van der Waals surface area contributed by atoms with Crippen molar-refractivity contribution in [2.45, 2.75) is 66.2 Å². The predicted octanol–water partition coefficient (Wildman–Crippen LogP) is 6.05. The molecule has 0 radical (unpaired) electrons. The van der Waals surface area contributed by atoms with Crippen LogP contribution in [0.5, 0.6) is 11.5 Å². The SMILES string of the molecule is CCCCCCOc1c(OCC=C(C)C)c2ccc(NCCCC)cc2n(C)c1=O. The third kappa shape index (κ3) is 6.54. The van der Waals surface area contributed by atoms with Crippen LogP contribution in [-0.2, 0) is 7.05 Å². The Hall–Kier alpha value is -2.43. The van der Waals surface area contributed by atoms with Crippen LogP contribution in [0.1, 0.15) is 66.2 Å². The largest absolute Gasteiger partial charge is 0.485 e. The molecule has 1 aromatic heterocycles. The molecule has 0 fully saturated rings. The van der Waals surface area contributed by atoms with Crippen molar-refractivity contribution in [3.8, 4) is 11.5 Å². The molecule has 166 valence electrons. The van der Waals surface area contributed by atoms with Crippen molar-refractivity contribution in [2.24, 2.45) is 7.05 Å². The lowest BCUT2D eigenvalue weighted by molar-refractivity contribution is 0.273. The molecule has 0 amide bonds. The van der Waals surface area contributed by atoms with Crippen LogP contribution in [0.15, 0.2) is 34.6 Å². The third-order valence-corrected chi connectivity index (χ3v) is 5.13. The average molecular weight is 415 g/mol. The van der Waals surface area contributed by atoms with Crippen LogP contribution in [0.4, 0.5) is 5.69 Å². The zero-order chi connectivity index (χ0) is 21.9. The van der Waals surface area contributed by atoms with Crippen molar-refractivity contribution < 1.29 is 9.47 Å². The monoisotopic (exact) mass is 414 g/mol. The first kappa shape index (κ1) is 23.8. The maximum absolute atomic E-state index is 13.1. The number of unbranched alkanes of at least 4 members (excludes halogenated alkanes) is 4. The topological polar surface area (TPSA) is 52.5 Å². The number of fused-ring (bicyclic) bond motifs is 1. The zero-order valence-electron chi connectivity index (χ0n) is 19.3. The van der Waals surface area contributed by atoms with Gasteiger partial charge in [0.2, 0.25) is 5.75 Å². The quantitative estimate of drug-likeness (QED) is 0.320. The molecule has 2 aromatic rings. The second kappa shape index (κ2) is 12.3. The third-order valence-electron chi connectivity index (χ3n) is 5.13. The van der Waals surface area contributed by atoms with Crippen molar-refractivity contribution >= 4 is 16.6 Å². The van der Waals surface area contributed by atoms with E-state index in [0.29, 0.717) is 24.7 Å². The fraction of sp³-hybridized carbons (Fsp3) is 0.560. The van der Waals surface area contributed by atoms with Crippen molar-refractivity contribution in [3.05, 3.63) is 40.2 Å². The fourth-order valence-electron chi connectivity index (χ4n) is 3.27. The van der Waals surface area contributed by atoms with Gasteiger partial charge in [-0.1, -0.05) is 45.1 Å². The molecule has 0 saturated heterocycles. The van der Waals surface area contributed by atoms with E-state index in [2.05, 4.69) is 19.2 Å². The van der Waals surface area contributed by atoms with Gasteiger partial charge in [0.25, 0.3) is 5.56 Å². The summed E-state index contributed by atoms with van der Waals surface area (Å²) in [6.45, 7) is 10.3. The van der Waals surface area contributed by atoms with Crippen molar-refractivity contribution in [2.75, 3.05) is 25.1 Å². The van der Waals surface area contributed by atoms with Gasteiger partial charge in [-0.3, -0.25) is 4.79 Å². The Morgan fingerprint density at radius 1 is 1.03 bits per heavy atom. The summed E-state index contributed by atoms with van der Waals surface area (Å²) in [4.78, 5) is 13.1. The number of hydrogen-bond acceptors (Lipinski definition) is 4. The zero-order valence-corrected chi connectivity index (χ0v) is 19.3. The summed E-state index contributed by atoms with van der Waals surface area (Å²) >= 11 is 0. The van der Waals surface area contributed by atoms with Crippen LogP contribution in [0, 0.1) is 0 Å². The highest BCUT2D eigenvalue weighted by molar-refractivity contribution is 5.90. The van der Waals surface area contributed by atoms with Crippen LogP contribution < -0.4 is 20.3 Å². The van der Waals surface area contributed by atoms with Gasteiger partial charge in [0, 0.05) is 24.7 Å². The summed E-state index contributed by atoms with van der Waals surface area (Å²) in [7, 11) is 1.80. The summed E-state index contributed by atoms with van der Waals surface area (Å²) in [5, 5.41) is 4.33. The minimum absolute atomic E-state index is 0.157. The molecule has 0 saturated carbocycles. The van der Waals surface area contributed by atoms with Crippen molar-refractivity contribution in [1.29, 1.82) is 0 Å². The van der Waals surface area contributed by atoms with Gasteiger partial charge in [0.15, 0.2) is 5.75 Å². The van der Waals surface area contributed by atoms with E-state index < -0.39 is 0 Å². The summed E-state index contributed by atoms with van der Waals surface area (Å²) in [5.41, 5.74) is 2.87. The molecular formula is C25H38N2O3. The smallest absolute Gasteiger partial charge is 0.297 e. The molecule has 30 heavy (non-hydrogen) atoms. The highest BCUT2D eigenvalue weighted by atomic mass is 16.5. The Bertz CT molecular complexity index is 895. The van der Waals surface area contributed by atoms with Gasteiger partial charge in [0.1, 0.15) is 6.61 Å². The Kier molecular flexibility index (Phi) is 9.78. The number of allylic oxidation sites excluding steroid dienone is 1. The van der Waals surface area contributed by atoms with E-state index in [-0.39, 0.29) is 5.56 Å². The van der Waals surface area contributed by atoms with Gasteiger partial charge in [-0.2, -0.15) is 0 Å². The van der Waals surface area contributed by atoms with Crippen LogP contribution in [0.2, 0.25) is 0 Å². The predicted molar refractivity (Wildman–Crippen MR) is 127 cm³/mol. The van der Waals surface area contributed by atoms with Crippen LogP contribution >= 0.6 is 0 Å². The molecule has 0 bridgehead atoms. The van der Waals surface area contributed by atoms with E-state index in [1.807, 2.05) is 38.1 Å². The lowest BCUT2D eigenvalue weighted by Gasteiger charge is -2.17. The standard InChI is InChI=1S/C25H38N2O3/c1-6-8-10-11-16-29-24-23(30-17-14-19(3)4)21-13-12-20(26-15-9-7-2)18-22(21)27(5)25(24)28/h12-14,18,26H,6-11,15-17H2,1-5H3. The molecule has 1 N–H and O–H groups in total. The van der Waals surface area contributed by atoms with E-state index in [4.69, 9.17) is 9.47 Å². The number of hydrogen-bond donors (Lipinski definition) is 1. The Morgan fingerprint density at radius 3 is 2.50 bits per heavy atom. The van der Waals surface area contributed by atoms with Gasteiger partial charge < -0.3 is 19.4 Å². The highest BCUT2D eigenvalue weighted by Gasteiger charge is 2.18. The Labute approximate surface area is 181 Å². The fourth-order valence-corrected chi connectivity index (χ4v) is 3.27. The number of aryl methyl sites for hydroxylation is 1. The molecule has 5 nitrogen and oxygen atoms in total. The second-order valence-corrected chi connectivity index (χ2v) is 8.04. The summed E-state index contributed by atoms with van der Waals surface area (Å²) in [5.74, 6) is 0.858. The molecular weight excluding hydrogens is 376 g/mol.